The molecule has 0 saturated carbocycles. The van der Waals surface area contributed by atoms with E-state index < -0.39 is 23.9 Å². The van der Waals surface area contributed by atoms with E-state index in [0.717, 1.165) is 22.3 Å². The van der Waals surface area contributed by atoms with E-state index in [-0.39, 0.29) is 12.5 Å². The number of amides is 1. The maximum atomic E-state index is 11.9. The zero-order valence-corrected chi connectivity index (χ0v) is 13.7. The van der Waals surface area contributed by atoms with Crippen LogP contribution >= 0.6 is 12.6 Å². The van der Waals surface area contributed by atoms with Crippen LogP contribution in [0.5, 0.6) is 0 Å². The quantitative estimate of drug-likeness (QED) is 0.729. The summed E-state index contributed by atoms with van der Waals surface area (Å²) in [4.78, 5) is 23.0. The van der Waals surface area contributed by atoms with Crippen molar-refractivity contribution in [3.63, 3.8) is 0 Å². The Morgan fingerprint density at radius 1 is 1.08 bits per heavy atom. The molecule has 24 heavy (non-hydrogen) atoms. The lowest BCUT2D eigenvalue weighted by molar-refractivity contribution is -0.113. The molecule has 1 amide bonds. The summed E-state index contributed by atoms with van der Waals surface area (Å²) in [7, 11) is 0. The van der Waals surface area contributed by atoms with Crippen molar-refractivity contribution >= 4 is 23.8 Å². The summed E-state index contributed by atoms with van der Waals surface area (Å²) in [6.07, 6.45) is -0.752. The van der Waals surface area contributed by atoms with Crippen molar-refractivity contribution in [2.24, 2.45) is 0 Å². The van der Waals surface area contributed by atoms with Crippen LogP contribution in [0.1, 0.15) is 17.0 Å². The minimum atomic E-state index is -1.07. The van der Waals surface area contributed by atoms with E-state index in [1.54, 1.807) is 0 Å². The number of aliphatic hydroxyl groups is 1. The molecule has 6 heteroatoms. The summed E-state index contributed by atoms with van der Waals surface area (Å²) in [5.41, 5.74) is 4.49. The average molecular weight is 343 g/mol. The van der Waals surface area contributed by atoms with Crippen LogP contribution in [-0.2, 0) is 9.53 Å². The molecule has 0 heterocycles. The second kappa shape index (κ2) is 7.07. The third-order valence-corrected chi connectivity index (χ3v) is 4.43. The second-order valence-corrected chi connectivity index (χ2v) is 5.98. The molecular weight excluding hydrogens is 326 g/mol. The SMILES string of the molecule is O=C(N[C@@H](CO)C(=O)S)OCC1c2ccccc2-c2ccccc21. The summed E-state index contributed by atoms with van der Waals surface area (Å²) in [6.45, 7) is -0.370. The molecule has 0 aliphatic heterocycles. The fourth-order valence-electron chi connectivity index (χ4n) is 2.97. The first-order valence-corrected chi connectivity index (χ1v) is 8.01. The summed E-state index contributed by atoms with van der Waals surface area (Å²) in [5, 5.41) is 10.7. The number of hydrogen-bond donors (Lipinski definition) is 3. The van der Waals surface area contributed by atoms with Crippen LogP contribution in [0.2, 0.25) is 0 Å². The normalized spacial score (nSPS) is 13.8. The number of ether oxygens (including phenoxy) is 1. The molecule has 2 N–H and O–H groups in total. The first-order chi connectivity index (χ1) is 11.6. The van der Waals surface area contributed by atoms with Crippen LogP contribution in [0.15, 0.2) is 48.5 Å². The molecule has 0 fully saturated rings. The molecule has 5 nitrogen and oxygen atoms in total. The van der Waals surface area contributed by atoms with Gasteiger partial charge in [0, 0.05) is 5.92 Å². The van der Waals surface area contributed by atoms with Crippen molar-refractivity contribution in [3.05, 3.63) is 59.7 Å². The first kappa shape index (κ1) is 16.5. The minimum Gasteiger partial charge on any atom is -0.449 e. The van der Waals surface area contributed by atoms with Gasteiger partial charge in [-0.3, -0.25) is 4.79 Å². The van der Waals surface area contributed by atoms with E-state index in [1.165, 1.54) is 0 Å². The summed E-state index contributed by atoms with van der Waals surface area (Å²) in [5.74, 6) is -0.0533. The molecule has 0 unspecified atom stereocenters. The summed E-state index contributed by atoms with van der Waals surface area (Å²) in [6, 6.07) is 15.0. The van der Waals surface area contributed by atoms with Gasteiger partial charge in [0.05, 0.1) is 6.61 Å². The van der Waals surface area contributed by atoms with Crippen LogP contribution in [0.25, 0.3) is 11.1 Å². The molecule has 0 aromatic heterocycles. The van der Waals surface area contributed by atoms with Crippen LogP contribution in [-0.4, -0.2) is 35.6 Å². The van der Waals surface area contributed by atoms with Crippen LogP contribution in [0.4, 0.5) is 4.79 Å². The Hall–Kier alpha value is -2.31. The number of fused-ring (bicyclic) bond motifs is 3. The molecule has 0 spiro atoms. The third kappa shape index (κ3) is 3.16. The van der Waals surface area contributed by atoms with Crippen molar-refractivity contribution in [1.29, 1.82) is 0 Å². The maximum absolute atomic E-state index is 11.9. The second-order valence-electron chi connectivity index (χ2n) is 5.54. The Labute approximate surface area is 145 Å². The van der Waals surface area contributed by atoms with E-state index in [1.807, 2.05) is 36.4 Å². The van der Waals surface area contributed by atoms with Crippen LogP contribution in [0.3, 0.4) is 0 Å². The van der Waals surface area contributed by atoms with Crippen molar-refractivity contribution in [1.82, 2.24) is 5.32 Å². The predicted octanol–water partition coefficient (Wildman–Crippen LogP) is 2.34. The van der Waals surface area contributed by atoms with E-state index in [4.69, 9.17) is 9.84 Å². The number of rotatable bonds is 5. The molecule has 1 aliphatic rings. The Morgan fingerprint density at radius 2 is 1.62 bits per heavy atom. The number of benzene rings is 2. The van der Waals surface area contributed by atoms with Gasteiger partial charge in [-0.05, 0) is 22.3 Å². The first-order valence-electron chi connectivity index (χ1n) is 7.57. The third-order valence-electron chi connectivity index (χ3n) is 4.12. The molecule has 124 valence electrons. The zero-order chi connectivity index (χ0) is 17.1. The molecule has 1 atom stereocenters. The fourth-order valence-corrected chi connectivity index (χ4v) is 3.11. The Bertz CT molecular complexity index is 732. The van der Waals surface area contributed by atoms with Gasteiger partial charge in [-0.25, -0.2) is 4.79 Å². The van der Waals surface area contributed by atoms with Gasteiger partial charge in [0.2, 0.25) is 5.12 Å². The highest BCUT2D eigenvalue weighted by molar-refractivity contribution is 7.96. The van der Waals surface area contributed by atoms with E-state index >= 15 is 0 Å². The average Bonchev–Trinajstić information content (AvgIpc) is 2.91. The number of thiol groups is 1. The number of nitrogens with one attached hydrogen (secondary N) is 1. The van der Waals surface area contributed by atoms with Gasteiger partial charge in [-0.2, -0.15) is 0 Å². The van der Waals surface area contributed by atoms with Crippen molar-refractivity contribution in [2.75, 3.05) is 13.2 Å². The topological polar surface area (TPSA) is 75.6 Å². The predicted molar refractivity (Wildman–Crippen MR) is 93.1 cm³/mol. The molecule has 2 aromatic carbocycles. The van der Waals surface area contributed by atoms with Crippen molar-refractivity contribution < 1.29 is 19.4 Å². The number of carbonyl (C=O) groups excluding carboxylic acids is 2. The van der Waals surface area contributed by atoms with E-state index in [2.05, 4.69) is 30.1 Å². The van der Waals surface area contributed by atoms with Crippen molar-refractivity contribution in [3.8, 4) is 11.1 Å². The molecule has 3 rings (SSSR count). The van der Waals surface area contributed by atoms with Gasteiger partial charge < -0.3 is 15.2 Å². The molecular formula is C18H17NO4S. The van der Waals surface area contributed by atoms with Gasteiger partial charge in [0.1, 0.15) is 12.6 Å². The van der Waals surface area contributed by atoms with Gasteiger partial charge in [0.15, 0.2) is 0 Å². The van der Waals surface area contributed by atoms with Crippen LogP contribution in [0, 0.1) is 0 Å². The number of alkyl carbamates (subject to hydrolysis) is 1. The summed E-state index contributed by atoms with van der Waals surface area (Å²) >= 11 is 3.61. The van der Waals surface area contributed by atoms with Gasteiger partial charge in [0.25, 0.3) is 0 Å². The lowest BCUT2D eigenvalue weighted by Gasteiger charge is -2.16. The van der Waals surface area contributed by atoms with Crippen LogP contribution < -0.4 is 5.32 Å². The monoisotopic (exact) mass is 343 g/mol. The lowest BCUT2D eigenvalue weighted by atomic mass is 9.98. The summed E-state index contributed by atoms with van der Waals surface area (Å²) < 4.78 is 5.27. The highest BCUT2D eigenvalue weighted by Gasteiger charge is 2.29. The Balaban J connectivity index is 1.74. The highest BCUT2D eigenvalue weighted by atomic mass is 32.1. The van der Waals surface area contributed by atoms with E-state index in [9.17, 15) is 9.59 Å². The molecule has 0 bridgehead atoms. The maximum Gasteiger partial charge on any atom is 0.407 e. The minimum absolute atomic E-state index is 0.0533. The number of aliphatic hydroxyl groups excluding tert-OH is 1. The standard InChI is InChI=1S/C18H17NO4S/c20-9-16(17(21)24)19-18(22)23-10-15-13-7-3-1-5-11(13)12-6-2-4-8-14(12)15/h1-8,15-16,20H,9-10H2,(H,19,22)(H,21,24)/t16-/m0/s1. The van der Waals surface area contributed by atoms with Gasteiger partial charge in [-0.1, -0.05) is 48.5 Å². The molecule has 0 radical (unpaired) electrons. The zero-order valence-electron chi connectivity index (χ0n) is 12.8. The highest BCUT2D eigenvalue weighted by Crippen LogP contribution is 2.44. The van der Waals surface area contributed by atoms with Gasteiger partial charge in [-0.15, -0.1) is 12.6 Å². The molecule has 2 aromatic rings. The Morgan fingerprint density at radius 3 is 2.12 bits per heavy atom. The number of hydrogen-bond acceptors (Lipinski definition) is 4. The molecule has 1 aliphatic carbocycles. The lowest BCUT2D eigenvalue weighted by Crippen LogP contribution is -2.42. The van der Waals surface area contributed by atoms with E-state index in [0.29, 0.717) is 0 Å². The number of carbonyl (C=O) groups is 2. The fraction of sp³-hybridized carbons (Fsp3) is 0.222. The Kier molecular flexibility index (Phi) is 4.87. The largest absolute Gasteiger partial charge is 0.449 e. The van der Waals surface area contributed by atoms with Crippen molar-refractivity contribution in [2.45, 2.75) is 12.0 Å². The molecule has 0 saturated heterocycles. The van der Waals surface area contributed by atoms with Gasteiger partial charge >= 0.3 is 6.09 Å². The smallest absolute Gasteiger partial charge is 0.407 e.